The monoisotopic (exact) mass is 541 g/mol. The molecule has 2 aliphatic rings. The molecule has 1 aromatic heterocycles. The van der Waals surface area contributed by atoms with E-state index in [2.05, 4.69) is 16.8 Å². The van der Waals surface area contributed by atoms with Gasteiger partial charge in [0.25, 0.3) is 0 Å². The van der Waals surface area contributed by atoms with Crippen molar-refractivity contribution in [1.82, 2.24) is 14.2 Å². The third-order valence-electron chi connectivity index (χ3n) is 7.10. The molecule has 3 atom stereocenters. The molecule has 0 spiro atoms. The number of sulfonamides is 1. The molecule has 1 N–H and O–H groups in total. The number of benzene rings is 1. The number of rotatable bonds is 5. The zero-order valence-corrected chi connectivity index (χ0v) is 22.9. The normalized spacial score (nSPS) is 22.5. The minimum atomic E-state index is -3.96. The van der Waals surface area contributed by atoms with Crippen molar-refractivity contribution < 1.29 is 27.8 Å². The van der Waals surface area contributed by atoms with Gasteiger partial charge in [0, 0.05) is 68.2 Å². The fraction of sp³-hybridized carbons (Fsp3) is 0.500. The van der Waals surface area contributed by atoms with Crippen LogP contribution >= 0.6 is 0 Å². The van der Waals surface area contributed by atoms with E-state index in [4.69, 9.17) is 9.47 Å². The highest BCUT2D eigenvalue weighted by Crippen LogP contribution is 2.34. The molecule has 0 bridgehead atoms. The molecule has 1 fully saturated rings. The summed E-state index contributed by atoms with van der Waals surface area (Å²) < 4.78 is 40.5. The van der Waals surface area contributed by atoms with Gasteiger partial charge in [0.2, 0.25) is 15.9 Å². The summed E-state index contributed by atoms with van der Waals surface area (Å²) >= 11 is 0. The summed E-state index contributed by atoms with van der Waals surface area (Å²) in [5, 5.41) is 9.84. The summed E-state index contributed by atoms with van der Waals surface area (Å²) in [6.45, 7) is 4.86. The summed E-state index contributed by atoms with van der Waals surface area (Å²) in [7, 11) is -2.20. The smallest absolute Gasteiger partial charge is 0.247 e. The Morgan fingerprint density at radius 2 is 1.87 bits per heavy atom. The van der Waals surface area contributed by atoms with Gasteiger partial charge >= 0.3 is 0 Å². The number of fused-ring (bicyclic) bond motifs is 1. The number of likely N-dealkylation sites (N-methyl/N-ethyl adjacent to an activating group) is 1. The maximum Gasteiger partial charge on any atom is 0.247 e. The van der Waals surface area contributed by atoms with Crippen molar-refractivity contribution in [2.45, 2.75) is 43.7 Å². The topological polar surface area (TPSA) is 109 Å². The van der Waals surface area contributed by atoms with Crippen LogP contribution in [0.3, 0.4) is 0 Å². The van der Waals surface area contributed by atoms with Gasteiger partial charge in [-0.05, 0) is 50.1 Å². The van der Waals surface area contributed by atoms with Gasteiger partial charge in [0.05, 0.1) is 13.2 Å². The van der Waals surface area contributed by atoms with Crippen LogP contribution in [0.15, 0.2) is 47.6 Å². The zero-order valence-electron chi connectivity index (χ0n) is 22.0. The van der Waals surface area contributed by atoms with Crippen molar-refractivity contribution >= 4 is 15.9 Å². The number of ether oxygens (including phenoxy) is 2. The van der Waals surface area contributed by atoms with Gasteiger partial charge in [0.1, 0.15) is 16.7 Å². The number of aliphatic hydroxyl groups is 1. The molecule has 204 valence electrons. The van der Waals surface area contributed by atoms with Crippen molar-refractivity contribution in [2.24, 2.45) is 11.8 Å². The average Bonchev–Trinajstić information content (AvgIpc) is 2.93. The number of nitrogens with zero attached hydrogens (tertiary/aromatic N) is 3. The molecular formula is C28H35N3O6S. The minimum absolute atomic E-state index is 0.0163. The van der Waals surface area contributed by atoms with Gasteiger partial charge < -0.3 is 19.5 Å². The van der Waals surface area contributed by atoms with Crippen molar-refractivity contribution in [2.75, 3.05) is 40.0 Å². The summed E-state index contributed by atoms with van der Waals surface area (Å²) in [5.74, 6) is 5.99. The highest BCUT2D eigenvalue weighted by atomic mass is 32.2. The quantitative estimate of drug-likeness (QED) is 0.578. The third-order valence-corrected chi connectivity index (χ3v) is 9.12. The summed E-state index contributed by atoms with van der Waals surface area (Å²) in [5.41, 5.74) is 1.37. The molecule has 38 heavy (non-hydrogen) atoms. The van der Waals surface area contributed by atoms with Crippen LogP contribution in [0, 0.1) is 23.7 Å². The zero-order chi connectivity index (χ0) is 27.3. The van der Waals surface area contributed by atoms with Gasteiger partial charge in [-0.25, -0.2) is 8.42 Å². The Balaban J connectivity index is 1.68. The summed E-state index contributed by atoms with van der Waals surface area (Å²) in [6, 6.07) is 7.74. The standard InChI is InChI=1S/C28H35N3O6S/c1-20-17-31(21(2)19-32)38(34,35)27-7-6-23(5-4-22-8-12-29-13-9-22)16-25(27)37-26(20)18-30(3)28(33)24-10-14-36-15-11-24/h6-9,12-13,16,20-21,24,26,32H,10-11,14-15,17-19H2,1-3H3/t20-,21-,26+/m1/s1. The van der Waals surface area contributed by atoms with E-state index in [1.165, 1.54) is 10.4 Å². The molecule has 9 nitrogen and oxygen atoms in total. The van der Waals surface area contributed by atoms with E-state index in [0.29, 0.717) is 38.2 Å². The Bertz CT molecular complexity index is 1280. The van der Waals surface area contributed by atoms with Crippen LogP contribution in [0.1, 0.15) is 37.8 Å². The molecule has 2 aromatic rings. The highest BCUT2D eigenvalue weighted by molar-refractivity contribution is 7.89. The van der Waals surface area contributed by atoms with Crippen LogP contribution in [-0.4, -0.2) is 85.7 Å². The van der Waals surface area contributed by atoms with Crippen LogP contribution < -0.4 is 4.74 Å². The van der Waals surface area contributed by atoms with Crippen molar-refractivity contribution in [1.29, 1.82) is 0 Å². The second-order valence-corrected chi connectivity index (χ2v) is 11.9. The molecule has 0 radical (unpaired) electrons. The van der Waals surface area contributed by atoms with Crippen LogP contribution in [0.2, 0.25) is 0 Å². The number of pyridine rings is 1. The first-order valence-electron chi connectivity index (χ1n) is 12.9. The molecule has 10 heteroatoms. The summed E-state index contributed by atoms with van der Waals surface area (Å²) in [4.78, 5) is 18.8. The SMILES string of the molecule is C[C@@H]1CN([C@H](C)CO)S(=O)(=O)c2ccc(C#Cc3ccncc3)cc2O[C@H]1CN(C)C(=O)C1CCOCC1. The first-order valence-corrected chi connectivity index (χ1v) is 14.3. The lowest BCUT2D eigenvalue weighted by molar-refractivity contribution is -0.138. The largest absolute Gasteiger partial charge is 0.487 e. The van der Waals surface area contributed by atoms with Crippen molar-refractivity contribution in [3.05, 3.63) is 53.9 Å². The van der Waals surface area contributed by atoms with E-state index in [-0.39, 0.29) is 41.5 Å². The number of amides is 1. The lowest BCUT2D eigenvalue weighted by Crippen LogP contribution is -2.50. The molecule has 0 unspecified atom stereocenters. The predicted molar refractivity (Wildman–Crippen MR) is 142 cm³/mol. The van der Waals surface area contributed by atoms with Gasteiger partial charge in [-0.1, -0.05) is 18.8 Å². The second kappa shape index (κ2) is 12.3. The van der Waals surface area contributed by atoms with E-state index < -0.39 is 22.2 Å². The predicted octanol–water partition coefficient (Wildman–Crippen LogP) is 2.14. The third kappa shape index (κ3) is 6.35. The van der Waals surface area contributed by atoms with Crippen molar-refractivity contribution in [3.63, 3.8) is 0 Å². The number of hydrogen-bond donors (Lipinski definition) is 1. The first-order chi connectivity index (χ1) is 18.2. The van der Waals surface area contributed by atoms with E-state index in [1.54, 1.807) is 55.5 Å². The lowest BCUT2D eigenvalue weighted by Gasteiger charge is -2.38. The molecular weight excluding hydrogens is 506 g/mol. The Morgan fingerprint density at radius 3 is 2.55 bits per heavy atom. The summed E-state index contributed by atoms with van der Waals surface area (Å²) in [6.07, 6.45) is 4.21. The van der Waals surface area contributed by atoms with Gasteiger partial charge in [-0.2, -0.15) is 4.31 Å². The second-order valence-electron chi connectivity index (χ2n) is 9.99. The molecule has 1 saturated heterocycles. The molecule has 2 aliphatic heterocycles. The fourth-order valence-corrected chi connectivity index (χ4v) is 6.54. The van der Waals surface area contributed by atoms with Crippen LogP contribution in [0.4, 0.5) is 0 Å². The molecule has 0 saturated carbocycles. The number of carbonyl (C=O) groups is 1. The first kappa shape index (κ1) is 28.0. The van der Waals surface area contributed by atoms with E-state index in [0.717, 1.165) is 5.56 Å². The Hall–Kier alpha value is -2.97. The number of aliphatic hydroxyl groups excluding tert-OH is 1. The van der Waals surface area contributed by atoms with Crippen molar-refractivity contribution in [3.8, 4) is 17.6 Å². The Labute approximate surface area is 224 Å². The van der Waals surface area contributed by atoms with Gasteiger partial charge in [-0.3, -0.25) is 9.78 Å². The molecule has 3 heterocycles. The fourth-order valence-electron chi connectivity index (χ4n) is 4.72. The van der Waals surface area contributed by atoms with Crippen LogP contribution in [-0.2, 0) is 19.6 Å². The maximum absolute atomic E-state index is 13.7. The maximum atomic E-state index is 13.7. The highest BCUT2D eigenvalue weighted by Gasteiger charge is 2.38. The minimum Gasteiger partial charge on any atom is -0.487 e. The molecule has 1 aromatic carbocycles. The number of aromatic nitrogens is 1. The van der Waals surface area contributed by atoms with E-state index >= 15 is 0 Å². The lowest BCUT2D eigenvalue weighted by atomic mass is 9.97. The van der Waals surface area contributed by atoms with E-state index in [1.807, 2.05) is 6.92 Å². The number of hydrogen-bond acceptors (Lipinski definition) is 7. The van der Waals surface area contributed by atoms with Gasteiger partial charge in [0.15, 0.2) is 0 Å². The number of carbonyl (C=O) groups excluding carboxylic acids is 1. The Kier molecular flexibility index (Phi) is 9.05. The van der Waals surface area contributed by atoms with Gasteiger partial charge in [-0.15, -0.1) is 0 Å². The van der Waals surface area contributed by atoms with Crippen LogP contribution in [0.25, 0.3) is 0 Å². The molecule has 4 rings (SSSR count). The van der Waals surface area contributed by atoms with Crippen LogP contribution in [0.5, 0.6) is 5.75 Å². The Morgan fingerprint density at radius 1 is 1.18 bits per heavy atom. The van der Waals surface area contributed by atoms with E-state index in [9.17, 15) is 18.3 Å². The average molecular weight is 542 g/mol. The molecule has 0 aliphatic carbocycles. The molecule has 1 amide bonds.